The molecule has 0 aromatic carbocycles. The van der Waals surface area contributed by atoms with Crippen LogP contribution in [-0.2, 0) is 4.79 Å². The van der Waals surface area contributed by atoms with Gasteiger partial charge in [-0.15, -0.1) is 0 Å². The minimum atomic E-state index is -1.01. The molecule has 4 nitrogen and oxygen atoms in total. The third-order valence-electron chi connectivity index (χ3n) is 2.13. The van der Waals surface area contributed by atoms with Crippen molar-refractivity contribution in [2.75, 3.05) is 0 Å². The van der Waals surface area contributed by atoms with E-state index in [1.54, 1.807) is 0 Å². The quantitative estimate of drug-likeness (QED) is 0.557. The number of rotatable bonds is 5. The van der Waals surface area contributed by atoms with Crippen molar-refractivity contribution in [3.05, 3.63) is 0 Å². The van der Waals surface area contributed by atoms with Crippen molar-refractivity contribution in [1.29, 1.82) is 0 Å². The van der Waals surface area contributed by atoms with E-state index in [0.29, 0.717) is 0 Å². The summed E-state index contributed by atoms with van der Waals surface area (Å²) in [5.41, 5.74) is 5.61. The summed E-state index contributed by atoms with van der Waals surface area (Å²) in [6.45, 7) is 3.85. The Morgan fingerprint density at radius 1 is 1.58 bits per heavy atom. The zero-order valence-corrected chi connectivity index (χ0v) is 7.53. The summed E-state index contributed by atoms with van der Waals surface area (Å²) >= 11 is 0. The van der Waals surface area contributed by atoms with Crippen LogP contribution < -0.4 is 5.73 Å². The van der Waals surface area contributed by atoms with Gasteiger partial charge in [0.15, 0.2) is 0 Å². The minimum Gasteiger partial charge on any atom is -0.481 e. The van der Waals surface area contributed by atoms with Gasteiger partial charge in [-0.05, 0) is 5.92 Å². The molecule has 0 unspecified atom stereocenters. The normalized spacial score (nSPS) is 18.3. The van der Waals surface area contributed by atoms with Crippen LogP contribution in [0.5, 0.6) is 0 Å². The molecule has 0 amide bonds. The topological polar surface area (TPSA) is 83.5 Å². The van der Waals surface area contributed by atoms with E-state index in [9.17, 15) is 9.90 Å². The van der Waals surface area contributed by atoms with E-state index in [1.807, 2.05) is 13.8 Å². The summed E-state index contributed by atoms with van der Waals surface area (Å²) in [5, 5.41) is 17.7. The molecule has 0 fully saturated rings. The molecule has 0 spiro atoms. The van der Waals surface area contributed by atoms with Crippen molar-refractivity contribution in [3.8, 4) is 0 Å². The Bertz CT molecular complexity index is 149. The molecule has 0 radical (unpaired) electrons. The molecule has 3 atom stereocenters. The summed E-state index contributed by atoms with van der Waals surface area (Å²) < 4.78 is 0. The van der Waals surface area contributed by atoms with Crippen LogP contribution in [0.25, 0.3) is 0 Å². The van der Waals surface area contributed by atoms with E-state index < -0.39 is 18.1 Å². The van der Waals surface area contributed by atoms with Crippen LogP contribution in [0.1, 0.15) is 26.7 Å². The molecule has 0 saturated carbocycles. The molecule has 4 N–H and O–H groups in total. The van der Waals surface area contributed by atoms with E-state index in [0.717, 1.165) is 6.42 Å². The summed E-state index contributed by atoms with van der Waals surface area (Å²) in [6.07, 6.45) is -0.360. The van der Waals surface area contributed by atoms with Gasteiger partial charge in [-0.3, -0.25) is 4.79 Å². The summed E-state index contributed by atoms with van der Waals surface area (Å²) in [4.78, 5) is 10.2. The number of hydrogen-bond donors (Lipinski definition) is 3. The van der Waals surface area contributed by atoms with Crippen LogP contribution >= 0.6 is 0 Å². The van der Waals surface area contributed by atoms with E-state index in [4.69, 9.17) is 10.8 Å². The van der Waals surface area contributed by atoms with Gasteiger partial charge in [0.1, 0.15) is 0 Å². The molecule has 12 heavy (non-hydrogen) atoms. The molecule has 0 aliphatic rings. The summed E-state index contributed by atoms with van der Waals surface area (Å²) in [6, 6.07) is -0.439. The summed E-state index contributed by atoms with van der Waals surface area (Å²) in [5.74, 6) is -0.861. The number of carboxylic acids is 1. The maximum atomic E-state index is 10.2. The van der Waals surface area contributed by atoms with Crippen LogP contribution in [0.3, 0.4) is 0 Å². The Balaban J connectivity index is 3.91. The Kier molecular flexibility index (Phi) is 4.85. The number of aliphatic hydroxyl groups excluding tert-OH is 1. The lowest BCUT2D eigenvalue weighted by Crippen LogP contribution is -2.41. The number of carbonyl (C=O) groups is 1. The standard InChI is InChI=1S/C8H17NO3/c1-3-5(2)8(9)6(10)4-7(11)12/h5-6,8,10H,3-4,9H2,1-2H3,(H,11,12)/t5-,6+,8-/m0/s1. The zero-order valence-electron chi connectivity index (χ0n) is 7.53. The van der Waals surface area contributed by atoms with Crippen LogP contribution in [0.2, 0.25) is 0 Å². The van der Waals surface area contributed by atoms with Gasteiger partial charge in [-0.2, -0.15) is 0 Å². The second-order valence-corrected chi connectivity index (χ2v) is 3.13. The molecule has 0 saturated heterocycles. The highest BCUT2D eigenvalue weighted by Gasteiger charge is 2.22. The Labute approximate surface area is 72.4 Å². The third kappa shape index (κ3) is 3.69. The molecule has 0 rings (SSSR count). The first-order valence-corrected chi connectivity index (χ1v) is 4.14. The predicted octanol–water partition coefficient (Wildman–Crippen LogP) is 0.195. The average Bonchev–Trinajstić information content (AvgIpc) is 2.00. The fraction of sp³-hybridized carbons (Fsp3) is 0.875. The fourth-order valence-corrected chi connectivity index (χ4v) is 0.966. The van der Waals surface area contributed by atoms with Crippen molar-refractivity contribution >= 4 is 5.97 Å². The number of aliphatic carboxylic acids is 1. The first-order valence-electron chi connectivity index (χ1n) is 4.14. The van der Waals surface area contributed by atoms with Gasteiger partial charge in [0, 0.05) is 6.04 Å². The lowest BCUT2D eigenvalue weighted by atomic mass is 9.94. The number of nitrogens with two attached hydrogens (primary N) is 1. The Hall–Kier alpha value is -0.610. The lowest BCUT2D eigenvalue weighted by Gasteiger charge is -2.22. The first-order chi connectivity index (χ1) is 5.49. The van der Waals surface area contributed by atoms with E-state index in [1.165, 1.54) is 0 Å². The highest BCUT2D eigenvalue weighted by atomic mass is 16.4. The van der Waals surface area contributed by atoms with Gasteiger partial charge in [0.2, 0.25) is 0 Å². The maximum Gasteiger partial charge on any atom is 0.306 e. The van der Waals surface area contributed by atoms with Gasteiger partial charge >= 0.3 is 5.97 Å². The van der Waals surface area contributed by atoms with Gasteiger partial charge < -0.3 is 15.9 Å². The van der Waals surface area contributed by atoms with Crippen LogP contribution in [0, 0.1) is 5.92 Å². The van der Waals surface area contributed by atoms with Crippen molar-refractivity contribution in [2.24, 2.45) is 11.7 Å². The maximum absolute atomic E-state index is 10.2. The van der Waals surface area contributed by atoms with Gasteiger partial charge in [-0.1, -0.05) is 20.3 Å². The highest BCUT2D eigenvalue weighted by molar-refractivity contribution is 5.67. The molecule has 0 aliphatic heterocycles. The molecular formula is C8H17NO3. The molecule has 0 bridgehead atoms. The first kappa shape index (κ1) is 11.4. The van der Waals surface area contributed by atoms with Gasteiger partial charge in [-0.25, -0.2) is 0 Å². The van der Waals surface area contributed by atoms with E-state index in [2.05, 4.69) is 0 Å². The smallest absolute Gasteiger partial charge is 0.306 e. The minimum absolute atomic E-state index is 0.152. The van der Waals surface area contributed by atoms with Crippen LogP contribution in [0.15, 0.2) is 0 Å². The number of aliphatic hydroxyl groups is 1. The zero-order chi connectivity index (χ0) is 9.72. The average molecular weight is 175 g/mol. The molecule has 0 aromatic rings. The molecule has 0 aromatic heterocycles. The van der Waals surface area contributed by atoms with Crippen molar-refractivity contribution in [2.45, 2.75) is 38.8 Å². The molecule has 4 heteroatoms. The second kappa shape index (κ2) is 5.11. The van der Waals surface area contributed by atoms with Gasteiger partial charge in [0.25, 0.3) is 0 Å². The molecule has 0 heterocycles. The molecule has 0 aliphatic carbocycles. The largest absolute Gasteiger partial charge is 0.481 e. The van der Waals surface area contributed by atoms with Crippen molar-refractivity contribution in [1.82, 2.24) is 0 Å². The Morgan fingerprint density at radius 3 is 2.42 bits per heavy atom. The Morgan fingerprint density at radius 2 is 2.08 bits per heavy atom. The molecule has 72 valence electrons. The second-order valence-electron chi connectivity index (χ2n) is 3.13. The molecular weight excluding hydrogens is 158 g/mol. The highest BCUT2D eigenvalue weighted by Crippen LogP contribution is 2.10. The lowest BCUT2D eigenvalue weighted by molar-refractivity contribution is -0.139. The third-order valence-corrected chi connectivity index (χ3v) is 2.13. The van der Waals surface area contributed by atoms with E-state index >= 15 is 0 Å². The van der Waals surface area contributed by atoms with Crippen molar-refractivity contribution in [3.63, 3.8) is 0 Å². The number of carboxylic acid groups (broad SMARTS) is 1. The van der Waals surface area contributed by atoms with Crippen LogP contribution in [0.4, 0.5) is 0 Å². The predicted molar refractivity (Wildman–Crippen MR) is 45.7 cm³/mol. The monoisotopic (exact) mass is 175 g/mol. The number of hydrogen-bond acceptors (Lipinski definition) is 3. The van der Waals surface area contributed by atoms with Gasteiger partial charge in [0.05, 0.1) is 12.5 Å². The fourth-order valence-electron chi connectivity index (χ4n) is 0.966. The van der Waals surface area contributed by atoms with Crippen LogP contribution in [-0.4, -0.2) is 28.3 Å². The van der Waals surface area contributed by atoms with E-state index in [-0.39, 0.29) is 12.3 Å². The summed E-state index contributed by atoms with van der Waals surface area (Å²) in [7, 11) is 0. The SMILES string of the molecule is CC[C@H](C)[C@H](N)[C@H](O)CC(=O)O. The van der Waals surface area contributed by atoms with Crippen molar-refractivity contribution < 1.29 is 15.0 Å².